The molecule has 1 heterocycles. The molecule has 1 fully saturated rings. The highest BCUT2D eigenvalue weighted by Gasteiger charge is 2.30. The van der Waals surface area contributed by atoms with E-state index in [4.69, 9.17) is 4.74 Å². The molecule has 0 radical (unpaired) electrons. The highest BCUT2D eigenvalue weighted by Crippen LogP contribution is 2.24. The standard InChI is InChI=1S/C9H19NO/c1-5-8-10-7(2)6-9(3,4)11-8/h7-8,10H,5-6H2,1-4H3. The fourth-order valence-electron chi connectivity index (χ4n) is 1.78. The van der Waals surface area contributed by atoms with E-state index in [0.717, 1.165) is 12.8 Å². The van der Waals surface area contributed by atoms with Gasteiger partial charge in [0.1, 0.15) is 6.23 Å². The largest absolute Gasteiger partial charge is 0.357 e. The van der Waals surface area contributed by atoms with Gasteiger partial charge in [-0.25, -0.2) is 0 Å². The summed E-state index contributed by atoms with van der Waals surface area (Å²) in [6.45, 7) is 8.68. The molecule has 0 amide bonds. The molecular weight excluding hydrogens is 138 g/mol. The van der Waals surface area contributed by atoms with E-state index in [9.17, 15) is 0 Å². The molecule has 0 spiro atoms. The Balaban J connectivity index is 2.51. The molecule has 1 rings (SSSR count). The fourth-order valence-corrected chi connectivity index (χ4v) is 1.78. The predicted molar refractivity (Wildman–Crippen MR) is 46.5 cm³/mol. The minimum atomic E-state index is 0.0609. The van der Waals surface area contributed by atoms with E-state index in [2.05, 4.69) is 33.0 Å². The van der Waals surface area contributed by atoms with Gasteiger partial charge in [0.05, 0.1) is 5.60 Å². The molecule has 66 valence electrons. The van der Waals surface area contributed by atoms with E-state index < -0.39 is 0 Å². The Hall–Kier alpha value is -0.0800. The summed E-state index contributed by atoms with van der Waals surface area (Å²) in [6, 6.07) is 0.587. The highest BCUT2D eigenvalue weighted by molar-refractivity contribution is 4.82. The summed E-state index contributed by atoms with van der Waals surface area (Å²) in [5, 5.41) is 3.40. The van der Waals surface area contributed by atoms with E-state index in [1.807, 2.05) is 0 Å². The summed E-state index contributed by atoms with van der Waals surface area (Å²) in [6.07, 6.45) is 2.41. The van der Waals surface area contributed by atoms with E-state index in [1.54, 1.807) is 0 Å². The van der Waals surface area contributed by atoms with Crippen molar-refractivity contribution in [1.29, 1.82) is 0 Å². The van der Waals surface area contributed by atoms with Gasteiger partial charge in [-0.05, 0) is 33.6 Å². The van der Waals surface area contributed by atoms with Crippen LogP contribution in [0.2, 0.25) is 0 Å². The molecule has 1 aliphatic heterocycles. The average molecular weight is 157 g/mol. The second kappa shape index (κ2) is 3.11. The monoisotopic (exact) mass is 157 g/mol. The van der Waals surface area contributed by atoms with Crippen LogP contribution in [0.1, 0.15) is 40.5 Å². The lowest BCUT2D eigenvalue weighted by atomic mass is 9.97. The Labute approximate surface area is 69.3 Å². The molecule has 0 bridgehead atoms. The van der Waals surface area contributed by atoms with E-state index in [1.165, 1.54) is 0 Å². The van der Waals surface area contributed by atoms with Crippen molar-refractivity contribution in [1.82, 2.24) is 5.32 Å². The quantitative estimate of drug-likeness (QED) is 0.627. The van der Waals surface area contributed by atoms with Crippen LogP contribution < -0.4 is 5.32 Å². The van der Waals surface area contributed by atoms with Crippen molar-refractivity contribution in [3.05, 3.63) is 0 Å². The molecule has 1 aliphatic rings. The normalized spacial score (nSPS) is 37.1. The first-order valence-electron chi connectivity index (χ1n) is 4.47. The minimum Gasteiger partial charge on any atom is -0.357 e. The SMILES string of the molecule is CCC1NC(C)CC(C)(C)O1. The molecule has 1 saturated heterocycles. The number of nitrogens with one attached hydrogen (secondary N) is 1. The van der Waals surface area contributed by atoms with Crippen molar-refractivity contribution in [2.45, 2.75) is 58.4 Å². The van der Waals surface area contributed by atoms with Crippen LogP contribution in [0.4, 0.5) is 0 Å². The predicted octanol–water partition coefficient (Wildman–Crippen LogP) is 1.90. The maximum Gasteiger partial charge on any atom is 0.108 e. The first kappa shape index (κ1) is 9.01. The van der Waals surface area contributed by atoms with E-state index >= 15 is 0 Å². The Morgan fingerprint density at radius 1 is 1.55 bits per heavy atom. The van der Waals surface area contributed by atoms with Crippen molar-refractivity contribution >= 4 is 0 Å². The zero-order valence-corrected chi connectivity index (χ0v) is 7.98. The smallest absolute Gasteiger partial charge is 0.108 e. The van der Waals surface area contributed by atoms with Gasteiger partial charge in [0.15, 0.2) is 0 Å². The Morgan fingerprint density at radius 2 is 2.18 bits per heavy atom. The number of rotatable bonds is 1. The molecular formula is C9H19NO. The molecule has 0 aliphatic carbocycles. The highest BCUT2D eigenvalue weighted by atomic mass is 16.5. The summed E-state index contributed by atoms with van der Waals surface area (Å²) in [4.78, 5) is 0. The van der Waals surface area contributed by atoms with Crippen LogP contribution in [0.5, 0.6) is 0 Å². The molecule has 2 heteroatoms. The molecule has 1 N–H and O–H groups in total. The summed E-state index contributed by atoms with van der Waals surface area (Å²) < 4.78 is 5.78. The Morgan fingerprint density at radius 3 is 2.64 bits per heavy atom. The van der Waals surface area contributed by atoms with Gasteiger partial charge in [-0.1, -0.05) is 6.92 Å². The molecule has 0 aromatic heterocycles. The molecule has 2 atom stereocenters. The van der Waals surface area contributed by atoms with Crippen molar-refractivity contribution in [2.24, 2.45) is 0 Å². The summed E-state index contributed by atoms with van der Waals surface area (Å²) >= 11 is 0. The molecule has 0 aromatic rings. The van der Waals surface area contributed by atoms with Gasteiger partial charge < -0.3 is 4.74 Å². The first-order chi connectivity index (χ1) is 5.03. The van der Waals surface area contributed by atoms with Crippen LogP contribution in [0, 0.1) is 0 Å². The van der Waals surface area contributed by atoms with Gasteiger partial charge in [-0.15, -0.1) is 0 Å². The van der Waals surface area contributed by atoms with Gasteiger partial charge in [0.25, 0.3) is 0 Å². The third-order valence-electron chi connectivity index (χ3n) is 2.10. The molecule has 0 saturated carbocycles. The van der Waals surface area contributed by atoms with Crippen molar-refractivity contribution < 1.29 is 4.74 Å². The van der Waals surface area contributed by atoms with Gasteiger partial charge in [-0.3, -0.25) is 5.32 Å². The van der Waals surface area contributed by atoms with Crippen molar-refractivity contribution in [2.75, 3.05) is 0 Å². The zero-order chi connectivity index (χ0) is 8.48. The third kappa shape index (κ3) is 2.46. The zero-order valence-electron chi connectivity index (χ0n) is 7.98. The Kier molecular flexibility index (Phi) is 2.55. The molecule has 2 unspecified atom stereocenters. The summed E-state index contributed by atoms with van der Waals surface area (Å²) in [5.41, 5.74) is 0.0609. The van der Waals surface area contributed by atoms with Gasteiger partial charge in [0.2, 0.25) is 0 Å². The minimum absolute atomic E-state index is 0.0609. The van der Waals surface area contributed by atoms with Crippen LogP contribution in [-0.4, -0.2) is 17.9 Å². The number of ether oxygens (including phenoxy) is 1. The molecule has 2 nitrogen and oxygen atoms in total. The van der Waals surface area contributed by atoms with Crippen LogP contribution >= 0.6 is 0 Å². The lowest BCUT2D eigenvalue weighted by molar-refractivity contribution is -0.128. The summed E-state index contributed by atoms with van der Waals surface area (Å²) in [5.74, 6) is 0. The van der Waals surface area contributed by atoms with Crippen LogP contribution in [0.25, 0.3) is 0 Å². The lowest BCUT2D eigenvalue weighted by Crippen LogP contribution is -2.51. The summed E-state index contributed by atoms with van der Waals surface area (Å²) in [7, 11) is 0. The van der Waals surface area contributed by atoms with Gasteiger partial charge >= 0.3 is 0 Å². The van der Waals surface area contributed by atoms with Gasteiger partial charge in [-0.2, -0.15) is 0 Å². The average Bonchev–Trinajstić information content (AvgIpc) is 1.83. The third-order valence-corrected chi connectivity index (χ3v) is 2.10. The fraction of sp³-hybridized carbons (Fsp3) is 1.00. The van der Waals surface area contributed by atoms with Crippen LogP contribution in [0.3, 0.4) is 0 Å². The second-order valence-corrected chi connectivity index (χ2v) is 4.05. The molecule has 0 aromatic carbocycles. The number of hydrogen-bond donors (Lipinski definition) is 1. The van der Waals surface area contributed by atoms with Crippen LogP contribution in [-0.2, 0) is 4.74 Å². The van der Waals surface area contributed by atoms with E-state index in [-0.39, 0.29) is 11.8 Å². The maximum absolute atomic E-state index is 5.78. The maximum atomic E-state index is 5.78. The topological polar surface area (TPSA) is 21.3 Å². The first-order valence-corrected chi connectivity index (χ1v) is 4.47. The van der Waals surface area contributed by atoms with Crippen molar-refractivity contribution in [3.8, 4) is 0 Å². The van der Waals surface area contributed by atoms with Gasteiger partial charge in [0, 0.05) is 6.04 Å². The number of hydrogen-bond acceptors (Lipinski definition) is 2. The van der Waals surface area contributed by atoms with E-state index in [0.29, 0.717) is 6.04 Å². The van der Waals surface area contributed by atoms with Crippen LogP contribution in [0.15, 0.2) is 0 Å². The molecule has 11 heavy (non-hydrogen) atoms. The lowest BCUT2D eigenvalue weighted by Gasteiger charge is -2.40. The Bertz CT molecular complexity index is 134. The van der Waals surface area contributed by atoms with Crippen molar-refractivity contribution in [3.63, 3.8) is 0 Å². The second-order valence-electron chi connectivity index (χ2n) is 4.05.